The van der Waals surface area contributed by atoms with Crippen LogP contribution >= 0.6 is 0 Å². The molecule has 1 aliphatic rings. The van der Waals surface area contributed by atoms with E-state index in [1.54, 1.807) is 12.1 Å². The molecule has 1 saturated heterocycles. The molecule has 0 bridgehead atoms. The van der Waals surface area contributed by atoms with E-state index >= 15 is 0 Å². The number of piperidine rings is 1. The molecule has 3 aromatic carbocycles. The van der Waals surface area contributed by atoms with Crippen LogP contribution in [0.4, 0.5) is 17.3 Å². The van der Waals surface area contributed by atoms with Crippen LogP contribution in [0.15, 0.2) is 72.9 Å². The highest BCUT2D eigenvalue weighted by molar-refractivity contribution is 6.76. The van der Waals surface area contributed by atoms with E-state index in [4.69, 9.17) is 19.4 Å². The highest BCUT2D eigenvalue weighted by atomic mass is 28.3. The normalized spacial score (nSPS) is 14.2. The third-order valence-corrected chi connectivity index (χ3v) is 9.77. The third kappa shape index (κ3) is 7.86. The van der Waals surface area contributed by atoms with Crippen molar-refractivity contribution in [2.45, 2.75) is 58.2 Å². The number of hydrogen-bond acceptors (Lipinski definition) is 8. The van der Waals surface area contributed by atoms with Crippen LogP contribution in [0, 0.1) is 10.1 Å². The predicted molar refractivity (Wildman–Crippen MR) is 181 cm³/mol. The Kier molecular flexibility index (Phi) is 9.11. The van der Waals surface area contributed by atoms with E-state index in [9.17, 15) is 10.1 Å². The maximum Gasteiger partial charge on any atom is 0.273 e. The molecule has 0 saturated carbocycles. The van der Waals surface area contributed by atoms with E-state index < -0.39 is 13.0 Å². The van der Waals surface area contributed by atoms with Crippen LogP contribution in [0.3, 0.4) is 0 Å². The van der Waals surface area contributed by atoms with E-state index in [2.05, 4.69) is 60.2 Å². The van der Waals surface area contributed by atoms with Crippen molar-refractivity contribution in [1.82, 2.24) is 19.4 Å². The van der Waals surface area contributed by atoms with E-state index in [1.165, 1.54) is 55.4 Å². The van der Waals surface area contributed by atoms with Gasteiger partial charge in [-0.05, 0) is 78.6 Å². The number of likely N-dealkylation sites (tertiary alicyclic amines) is 1. The lowest BCUT2D eigenvalue weighted by Gasteiger charge is -2.26. The lowest BCUT2D eigenvalue weighted by atomic mass is 10.0. The first-order valence-electron chi connectivity index (χ1n) is 15.6. The van der Waals surface area contributed by atoms with Crippen molar-refractivity contribution in [3.8, 4) is 11.6 Å². The van der Waals surface area contributed by atoms with Gasteiger partial charge in [-0.3, -0.25) is 15.0 Å². The Morgan fingerprint density at radius 3 is 2.56 bits per heavy atom. The molecular formula is C34H40N6O4Si. The van der Waals surface area contributed by atoms with Gasteiger partial charge in [0.25, 0.3) is 5.69 Å². The van der Waals surface area contributed by atoms with Crippen molar-refractivity contribution in [3.05, 3.63) is 88.6 Å². The summed E-state index contributed by atoms with van der Waals surface area (Å²) >= 11 is 0. The Bertz CT molecular complexity index is 1810. The molecule has 0 unspecified atom stereocenters. The Morgan fingerprint density at radius 1 is 0.956 bits per heavy atom. The van der Waals surface area contributed by atoms with Crippen LogP contribution in [0.2, 0.25) is 25.7 Å². The zero-order chi connectivity index (χ0) is 31.4. The molecule has 6 rings (SSSR count). The van der Waals surface area contributed by atoms with Gasteiger partial charge >= 0.3 is 0 Å². The monoisotopic (exact) mass is 624 g/mol. The second-order valence-corrected chi connectivity index (χ2v) is 18.6. The molecule has 10 nitrogen and oxygen atoms in total. The van der Waals surface area contributed by atoms with Gasteiger partial charge in [0.1, 0.15) is 12.5 Å². The van der Waals surface area contributed by atoms with E-state index in [0.717, 1.165) is 23.7 Å². The predicted octanol–water partition coefficient (Wildman–Crippen LogP) is 8.33. The molecule has 11 heteroatoms. The molecule has 0 atom stereocenters. The largest absolute Gasteiger partial charge is 0.438 e. The Labute approximate surface area is 264 Å². The van der Waals surface area contributed by atoms with Gasteiger partial charge in [-0.2, -0.15) is 9.97 Å². The van der Waals surface area contributed by atoms with Crippen LogP contribution in [0.5, 0.6) is 11.6 Å². The second-order valence-electron chi connectivity index (χ2n) is 12.9. The number of benzene rings is 3. The van der Waals surface area contributed by atoms with Crippen LogP contribution in [-0.2, 0) is 18.0 Å². The summed E-state index contributed by atoms with van der Waals surface area (Å²) < 4.78 is 14.1. The summed E-state index contributed by atoms with van der Waals surface area (Å²) in [5.41, 5.74) is 2.76. The van der Waals surface area contributed by atoms with Gasteiger partial charge in [0.05, 0.1) is 16.4 Å². The van der Waals surface area contributed by atoms with E-state index in [-0.39, 0.29) is 5.69 Å². The number of nitrogens with one attached hydrogen (secondary N) is 1. The van der Waals surface area contributed by atoms with Crippen molar-refractivity contribution in [2.24, 2.45) is 0 Å². The standard InChI is InChI=1S/C34H40N6O4Si/c1-45(2,3)19-18-43-24-39-17-14-31-32(39)36-34(37-33(31)44-30-9-7-8-29(22-30)40(41)42)35-28-13-12-26-20-25(10-11-27(26)21-28)23-38-15-5-4-6-16-38/h7-14,17,20-22H,4-6,15-16,18-19,23-24H2,1-3H3,(H,35,36,37). The van der Waals surface area contributed by atoms with Crippen molar-refractivity contribution in [3.63, 3.8) is 0 Å². The molecule has 2 aromatic heterocycles. The average molecular weight is 625 g/mol. The number of fused-ring (bicyclic) bond motifs is 2. The van der Waals surface area contributed by atoms with Gasteiger partial charge < -0.3 is 19.4 Å². The summed E-state index contributed by atoms with van der Waals surface area (Å²) in [6.45, 7) is 11.3. The van der Waals surface area contributed by atoms with Gasteiger partial charge in [-0.15, -0.1) is 0 Å². The summed E-state index contributed by atoms with van der Waals surface area (Å²) in [7, 11) is -1.22. The summed E-state index contributed by atoms with van der Waals surface area (Å²) in [6.07, 6.45) is 5.80. The lowest BCUT2D eigenvalue weighted by Crippen LogP contribution is -2.29. The molecule has 0 spiro atoms. The average Bonchev–Trinajstić information content (AvgIpc) is 3.42. The molecule has 45 heavy (non-hydrogen) atoms. The number of aromatic nitrogens is 3. The first-order valence-corrected chi connectivity index (χ1v) is 19.3. The molecule has 234 valence electrons. The summed E-state index contributed by atoms with van der Waals surface area (Å²) in [6, 6.07) is 21.9. The first-order chi connectivity index (χ1) is 21.7. The van der Waals surface area contributed by atoms with E-state index in [0.29, 0.717) is 41.9 Å². The Balaban J connectivity index is 1.27. The molecule has 5 aromatic rings. The van der Waals surface area contributed by atoms with Gasteiger partial charge in [-0.25, -0.2) is 0 Å². The molecule has 1 fully saturated rings. The second kappa shape index (κ2) is 13.4. The number of nitro groups is 1. The number of nitrogens with zero attached hydrogens (tertiary/aromatic N) is 5. The summed E-state index contributed by atoms with van der Waals surface area (Å²) in [4.78, 5) is 23.0. The van der Waals surface area contributed by atoms with Crippen LogP contribution in [0.25, 0.3) is 21.8 Å². The quantitative estimate of drug-likeness (QED) is 0.0639. The Morgan fingerprint density at radius 2 is 1.76 bits per heavy atom. The summed E-state index contributed by atoms with van der Waals surface area (Å²) in [5.74, 6) is 0.971. The van der Waals surface area contributed by atoms with Gasteiger partial charge in [0, 0.05) is 39.2 Å². The minimum atomic E-state index is -1.22. The maximum atomic E-state index is 11.4. The van der Waals surface area contributed by atoms with E-state index in [1.807, 2.05) is 22.9 Å². The number of non-ortho nitro benzene ring substituents is 1. The van der Waals surface area contributed by atoms with Gasteiger partial charge in [0.15, 0.2) is 5.65 Å². The fraction of sp³-hybridized carbons (Fsp3) is 0.353. The highest BCUT2D eigenvalue weighted by Gasteiger charge is 2.17. The highest BCUT2D eigenvalue weighted by Crippen LogP contribution is 2.32. The maximum absolute atomic E-state index is 11.4. The smallest absolute Gasteiger partial charge is 0.273 e. The van der Waals surface area contributed by atoms with Crippen molar-refractivity contribution in [2.75, 3.05) is 25.0 Å². The number of hydrogen-bond donors (Lipinski definition) is 1. The SMILES string of the molecule is C[Si](C)(C)CCOCn1ccc2c(Oc3cccc([N+](=O)[O-])c3)nc(Nc3ccc4cc(CN5CCCCC5)ccc4c3)nc21. The molecular weight excluding hydrogens is 584 g/mol. The molecule has 0 aliphatic carbocycles. The number of nitro benzene ring substituents is 1. The minimum Gasteiger partial charge on any atom is -0.438 e. The van der Waals surface area contributed by atoms with Crippen molar-refractivity contribution >= 4 is 47.2 Å². The number of anilines is 2. The lowest BCUT2D eigenvalue weighted by molar-refractivity contribution is -0.384. The van der Waals surface area contributed by atoms with Gasteiger partial charge in [0.2, 0.25) is 11.8 Å². The van der Waals surface area contributed by atoms with Crippen molar-refractivity contribution < 1.29 is 14.4 Å². The Hall–Kier alpha value is -4.32. The zero-order valence-corrected chi connectivity index (χ0v) is 27.2. The first kappa shape index (κ1) is 30.7. The molecule has 1 aliphatic heterocycles. The molecule has 3 heterocycles. The minimum absolute atomic E-state index is 0.0558. The third-order valence-electron chi connectivity index (χ3n) is 8.07. The van der Waals surface area contributed by atoms with Crippen LogP contribution < -0.4 is 10.1 Å². The topological polar surface area (TPSA) is 108 Å². The summed E-state index contributed by atoms with van der Waals surface area (Å²) in [5, 5.41) is 17.7. The molecule has 0 amide bonds. The van der Waals surface area contributed by atoms with Crippen LogP contribution in [-0.4, -0.2) is 52.1 Å². The van der Waals surface area contributed by atoms with Crippen molar-refractivity contribution in [1.29, 1.82) is 0 Å². The zero-order valence-electron chi connectivity index (χ0n) is 26.2. The molecule has 1 N–H and O–H groups in total. The number of rotatable bonds is 12. The fourth-order valence-electron chi connectivity index (χ4n) is 5.56. The molecule has 0 radical (unpaired) electrons. The van der Waals surface area contributed by atoms with Crippen LogP contribution in [0.1, 0.15) is 24.8 Å². The van der Waals surface area contributed by atoms with Gasteiger partial charge in [-0.1, -0.05) is 50.3 Å². The fourth-order valence-corrected chi connectivity index (χ4v) is 6.32. The number of ether oxygens (including phenoxy) is 2.